The number of rotatable bonds is 6. The molecule has 0 aliphatic carbocycles. The predicted molar refractivity (Wildman–Crippen MR) is 165 cm³/mol. The van der Waals surface area contributed by atoms with E-state index in [0.717, 1.165) is 38.8 Å². The number of fused-ring (bicyclic) bond motifs is 2. The molecule has 0 bridgehead atoms. The summed E-state index contributed by atoms with van der Waals surface area (Å²) < 4.78 is 17.5. The van der Waals surface area contributed by atoms with Crippen LogP contribution in [0.4, 0.5) is 4.79 Å². The van der Waals surface area contributed by atoms with E-state index in [2.05, 4.69) is 36.4 Å². The molecule has 0 radical (unpaired) electrons. The number of carbonyl (C=O) groups excluding carboxylic acids is 2. The number of benzene rings is 4. The Hall–Kier alpha value is -4.32. The van der Waals surface area contributed by atoms with Crippen LogP contribution >= 0.6 is 0 Å². The molecule has 1 aliphatic heterocycles. The van der Waals surface area contributed by atoms with Crippen molar-refractivity contribution in [2.24, 2.45) is 0 Å². The highest BCUT2D eigenvalue weighted by Crippen LogP contribution is 2.42. The van der Waals surface area contributed by atoms with Gasteiger partial charge in [0.2, 0.25) is 0 Å². The van der Waals surface area contributed by atoms with Gasteiger partial charge in [0.05, 0.1) is 25.3 Å². The van der Waals surface area contributed by atoms with Crippen molar-refractivity contribution in [2.45, 2.75) is 64.7 Å². The van der Waals surface area contributed by atoms with Gasteiger partial charge >= 0.3 is 12.1 Å². The van der Waals surface area contributed by atoms with E-state index in [1.165, 1.54) is 7.11 Å². The van der Waals surface area contributed by atoms with Gasteiger partial charge in [0.1, 0.15) is 17.5 Å². The van der Waals surface area contributed by atoms with Crippen LogP contribution in [-0.4, -0.2) is 42.3 Å². The largest absolute Gasteiger partial charge is 0.488 e. The van der Waals surface area contributed by atoms with Crippen LogP contribution in [0.3, 0.4) is 0 Å². The van der Waals surface area contributed by atoms with Crippen LogP contribution in [0, 0.1) is 6.92 Å². The fourth-order valence-corrected chi connectivity index (χ4v) is 5.98. The maximum Gasteiger partial charge on any atom is 0.410 e. The summed E-state index contributed by atoms with van der Waals surface area (Å²) in [6.45, 7) is 9.98. The van der Waals surface area contributed by atoms with Crippen LogP contribution < -0.4 is 4.74 Å². The second kappa shape index (κ2) is 11.9. The Labute approximate surface area is 248 Å². The summed E-state index contributed by atoms with van der Waals surface area (Å²) >= 11 is 0. The van der Waals surface area contributed by atoms with Gasteiger partial charge in [0.15, 0.2) is 0 Å². The average molecular weight is 566 g/mol. The summed E-state index contributed by atoms with van der Waals surface area (Å²) in [7, 11) is 1.40. The lowest BCUT2D eigenvalue weighted by Gasteiger charge is -2.38. The number of methoxy groups -OCH3 is 1. The number of esters is 1. The predicted octanol–water partition coefficient (Wildman–Crippen LogP) is 8.22. The lowest BCUT2D eigenvalue weighted by atomic mass is 9.81. The van der Waals surface area contributed by atoms with Crippen LogP contribution in [0.1, 0.15) is 78.7 Å². The van der Waals surface area contributed by atoms with E-state index in [1.54, 1.807) is 11.0 Å². The minimum absolute atomic E-state index is 0.0297. The van der Waals surface area contributed by atoms with Crippen LogP contribution in [0.25, 0.3) is 10.8 Å². The van der Waals surface area contributed by atoms with Gasteiger partial charge < -0.3 is 14.2 Å². The quantitative estimate of drug-likeness (QED) is 0.220. The van der Waals surface area contributed by atoms with Gasteiger partial charge in [-0.1, -0.05) is 72.8 Å². The molecule has 0 N–H and O–H groups in total. The van der Waals surface area contributed by atoms with Gasteiger partial charge in [-0.15, -0.1) is 0 Å². The Morgan fingerprint density at radius 2 is 1.60 bits per heavy atom. The molecule has 3 atom stereocenters. The molecule has 1 aliphatic rings. The minimum Gasteiger partial charge on any atom is -0.488 e. The maximum absolute atomic E-state index is 13.8. The van der Waals surface area contributed by atoms with Gasteiger partial charge in [-0.3, -0.25) is 4.90 Å². The van der Waals surface area contributed by atoms with Crippen molar-refractivity contribution >= 4 is 22.8 Å². The number of carbonyl (C=O) groups is 2. The molecule has 0 fully saturated rings. The molecule has 6 heteroatoms. The Morgan fingerprint density at radius 3 is 2.36 bits per heavy atom. The van der Waals surface area contributed by atoms with Gasteiger partial charge in [0, 0.05) is 11.5 Å². The van der Waals surface area contributed by atoms with Crippen molar-refractivity contribution in [3.05, 3.63) is 113 Å². The van der Waals surface area contributed by atoms with Crippen LogP contribution in [-0.2, 0) is 9.47 Å². The second-order valence-corrected chi connectivity index (χ2v) is 12.0. The van der Waals surface area contributed by atoms with Crippen molar-refractivity contribution in [2.75, 3.05) is 13.7 Å². The van der Waals surface area contributed by atoms with E-state index < -0.39 is 5.60 Å². The molecule has 1 amide bonds. The molecule has 4 aromatic carbocycles. The summed E-state index contributed by atoms with van der Waals surface area (Å²) in [5.74, 6) is 0.396. The molecule has 5 rings (SSSR count). The molecular formula is C36H39NO5. The van der Waals surface area contributed by atoms with Crippen LogP contribution in [0.15, 0.2) is 84.9 Å². The average Bonchev–Trinajstić information content (AvgIpc) is 2.97. The lowest BCUT2D eigenvalue weighted by Crippen LogP contribution is -2.45. The third-order valence-electron chi connectivity index (χ3n) is 8.01. The Balaban J connectivity index is 1.53. The summed E-state index contributed by atoms with van der Waals surface area (Å²) in [6.07, 6.45) is -0.0637. The summed E-state index contributed by atoms with van der Waals surface area (Å²) in [6, 6.07) is 27.9. The molecule has 0 aromatic heterocycles. The fourth-order valence-electron chi connectivity index (χ4n) is 5.98. The summed E-state index contributed by atoms with van der Waals surface area (Å²) in [5, 5.41) is 2.22. The van der Waals surface area contributed by atoms with E-state index in [9.17, 15) is 9.59 Å². The zero-order valence-corrected chi connectivity index (χ0v) is 25.2. The Kier molecular flexibility index (Phi) is 8.26. The van der Waals surface area contributed by atoms with Crippen LogP contribution in [0.2, 0.25) is 0 Å². The lowest BCUT2D eigenvalue weighted by molar-refractivity contribution is 0.00568. The van der Waals surface area contributed by atoms with Crippen LogP contribution in [0.5, 0.6) is 5.75 Å². The zero-order chi connectivity index (χ0) is 30.0. The van der Waals surface area contributed by atoms with E-state index in [1.807, 2.05) is 77.1 Å². The third-order valence-corrected chi connectivity index (χ3v) is 8.01. The molecule has 218 valence electrons. The molecule has 0 saturated heterocycles. The highest BCUT2D eigenvalue weighted by molar-refractivity contribution is 5.91. The first kappa shape index (κ1) is 29.2. The number of amides is 1. The SMILES string of the molecule is COC(=O)c1cccc(C2C[C@H](CN(C(=O)OC(C)(C)C)[C@H](C)c3cccc4ccccc34)Oc3ccccc32)c1C. The van der Waals surface area contributed by atoms with Gasteiger partial charge in [-0.2, -0.15) is 0 Å². The molecule has 1 heterocycles. The normalized spacial score (nSPS) is 17.1. The van der Waals surface area contributed by atoms with Crippen molar-refractivity contribution in [1.82, 2.24) is 4.90 Å². The first-order valence-corrected chi connectivity index (χ1v) is 14.5. The Bertz CT molecular complexity index is 1600. The molecular weight excluding hydrogens is 526 g/mol. The molecule has 42 heavy (non-hydrogen) atoms. The number of ether oxygens (including phenoxy) is 3. The van der Waals surface area contributed by atoms with Crippen molar-refractivity contribution in [3.8, 4) is 5.75 Å². The molecule has 0 spiro atoms. The van der Waals surface area contributed by atoms with Gasteiger partial charge in [-0.05, 0) is 80.6 Å². The highest BCUT2D eigenvalue weighted by atomic mass is 16.6. The first-order valence-electron chi connectivity index (χ1n) is 14.5. The van der Waals surface area contributed by atoms with E-state index in [-0.39, 0.29) is 30.1 Å². The zero-order valence-electron chi connectivity index (χ0n) is 25.2. The fraction of sp³-hybridized carbons (Fsp3) is 0.333. The molecule has 0 saturated carbocycles. The van der Waals surface area contributed by atoms with Crippen molar-refractivity contribution in [1.29, 1.82) is 0 Å². The van der Waals surface area contributed by atoms with E-state index in [4.69, 9.17) is 14.2 Å². The Morgan fingerprint density at radius 1 is 0.929 bits per heavy atom. The van der Waals surface area contributed by atoms with E-state index in [0.29, 0.717) is 18.5 Å². The van der Waals surface area contributed by atoms with Crippen molar-refractivity contribution < 1.29 is 23.8 Å². The third kappa shape index (κ3) is 5.98. The molecule has 6 nitrogen and oxygen atoms in total. The van der Waals surface area contributed by atoms with Gasteiger partial charge in [-0.25, -0.2) is 9.59 Å². The smallest absolute Gasteiger partial charge is 0.410 e. The summed E-state index contributed by atoms with van der Waals surface area (Å²) in [5.41, 5.74) is 3.94. The number of nitrogens with zero attached hydrogens (tertiary/aromatic N) is 1. The standard InChI is InChI=1S/C36H39NO5/c1-23-27(17-12-18-28(23)34(38)40-6)32-21-26(41-33-20-10-9-16-31(32)33)22-37(35(39)42-36(3,4)5)24(2)29-19-11-14-25-13-7-8-15-30(25)29/h7-20,24,26,32H,21-22H2,1-6H3/t24-,26-,32?/m1/s1. The monoisotopic (exact) mass is 565 g/mol. The van der Waals surface area contributed by atoms with E-state index >= 15 is 0 Å². The first-order chi connectivity index (χ1) is 20.1. The number of para-hydroxylation sites is 1. The maximum atomic E-state index is 13.8. The number of hydrogen-bond donors (Lipinski definition) is 0. The number of hydrogen-bond acceptors (Lipinski definition) is 5. The summed E-state index contributed by atoms with van der Waals surface area (Å²) in [4.78, 5) is 28.1. The minimum atomic E-state index is -0.651. The molecule has 4 aromatic rings. The van der Waals surface area contributed by atoms with Crippen molar-refractivity contribution in [3.63, 3.8) is 0 Å². The highest BCUT2D eigenvalue weighted by Gasteiger charge is 2.36. The second-order valence-electron chi connectivity index (χ2n) is 12.0. The topological polar surface area (TPSA) is 65.1 Å². The van der Waals surface area contributed by atoms with Gasteiger partial charge in [0.25, 0.3) is 0 Å². The molecule has 1 unspecified atom stereocenters.